The fraction of sp³-hybridized carbons (Fsp3) is 0.500. The first-order valence-corrected chi connectivity index (χ1v) is 6.97. The van der Waals surface area contributed by atoms with Gasteiger partial charge in [-0.2, -0.15) is 0 Å². The van der Waals surface area contributed by atoms with Gasteiger partial charge in [0.05, 0.1) is 0 Å². The Hall–Kier alpha value is -1.38. The van der Waals surface area contributed by atoms with E-state index in [2.05, 4.69) is 0 Å². The normalized spacial score (nSPS) is 16.7. The number of amides is 1. The van der Waals surface area contributed by atoms with Crippen molar-refractivity contribution in [1.29, 1.82) is 0 Å². The third kappa shape index (κ3) is 2.26. The van der Waals surface area contributed by atoms with E-state index >= 15 is 0 Å². The SMILES string of the molecule is Cn1cc(S(N)(=O)=O)cc1C(=O)N1CC(CO)C1. The minimum Gasteiger partial charge on any atom is -0.396 e. The highest BCUT2D eigenvalue weighted by Crippen LogP contribution is 2.20. The number of hydrogen-bond acceptors (Lipinski definition) is 4. The molecule has 1 amide bonds. The van der Waals surface area contributed by atoms with Crippen molar-refractivity contribution in [3.63, 3.8) is 0 Å². The standard InChI is InChI=1S/C10H15N3O4S/c1-12-5-8(18(11,16)17)2-9(12)10(15)13-3-7(4-13)6-14/h2,5,7,14H,3-4,6H2,1H3,(H2,11,16,17). The lowest BCUT2D eigenvalue weighted by Crippen LogP contribution is -2.51. The Labute approximate surface area is 105 Å². The van der Waals surface area contributed by atoms with Crippen LogP contribution in [0.25, 0.3) is 0 Å². The molecule has 8 heteroatoms. The lowest BCUT2D eigenvalue weighted by molar-refractivity contribution is 0.0353. The van der Waals surface area contributed by atoms with Crippen molar-refractivity contribution >= 4 is 15.9 Å². The van der Waals surface area contributed by atoms with Crippen LogP contribution in [0.3, 0.4) is 0 Å². The van der Waals surface area contributed by atoms with Gasteiger partial charge >= 0.3 is 0 Å². The maximum atomic E-state index is 12.0. The number of primary sulfonamides is 1. The molecule has 18 heavy (non-hydrogen) atoms. The first kappa shape index (κ1) is 13.1. The number of aliphatic hydroxyl groups excluding tert-OH is 1. The summed E-state index contributed by atoms with van der Waals surface area (Å²) in [7, 11) is -2.21. The maximum absolute atomic E-state index is 12.0. The molecule has 0 saturated carbocycles. The third-order valence-electron chi connectivity index (χ3n) is 3.03. The van der Waals surface area contributed by atoms with Crippen LogP contribution in [0.15, 0.2) is 17.2 Å². The number of likely N-dealkylation sites (tertiary alicyclic amines) is 1. The number of carbonyl (C=O) groups excluding carboxylic acids is 1. The molecule has 1 aromatic heterocycles. The Morgan fingerprint density at radius 2 is 2.17 bits per heavy atom. The Kier molecular flexibility index (Phi) is 3.18. The number of rotatable bonds is 3. The average molecular weight is 273 g/mol. The molecule has 0 unspecified atom stereocenters. The van der Waals surface area contributed by atoms with E-state index < -0.39 is 10.0 Å². The summed E-state index contributed by atoms with van der Waals surface area (Å²) < 4.78 is 23.8. The fourth-order valence-electron chi connectivity index (χ4n) is 1.92. The van der Waals surface area contributed by atoms with Crippen LogP contribution in [-0.2, 0) is 17.1 Å². The molecule has 1 aromatic rings. The molecular formula is C10H15N3O4S. The number of aromatic nitrogens is 1. The summed E-state index contributed by atoms with van der Waals surface area (Å²) in [4.78, 5) is 13.5. The zero-order valence-electron chi connectivity index (χ0n) is 9.91. The van der Waals surface area contributed by atoms with Crippen LogP contribution in [0.5, 0.6) is 0 Å². The second kappa shape index (κ2) is 4.38. The lowest BCUT2D eigenvalue weighted by atomic mass is 10.0. The van der Waals surface area contributed by atoms with E-state index in [0.29, 0.717) is 13.1 Å². The van der Waals surface area contributed by atoms with E-state index in [1.54, 1.807) is 11.9 Å². The van der Waals surface area contributed by atoms with Gasteiger partial charge in [-0.05, 0) is 6.07 Å². The minimum atomic E-state index is -3.80. The molecule has 0 bridgehead atoms. The van der Waals surface area contributed by atoms with Crippen LogP contribution in [0.4, 0.5) is 0 Å². The Morgan fingerprint density at radius 1 is 1.56 bits per heavy atom. The monoisotopic (exact) mass is 273 g/mol. The summed E-state index contributed by atoms with van der Waals surface area (Å²) in [6.07, 6.45) is 1.31. The molecule has 2 rings (SSSR count). The zero-order chi connectivity index (χ0) is 13.5. The second-order valence-corrected chi connectivity index (χ2v) is 6.04. The van der Waals surface area contributed by atoms with Gasteiger partial charge in [0.1, 0.15) is 10.6 Å². The molecule has 0 spiro atoms. The second-order valence-electron chi connectivity index (χ2n) is 4.48. The van der Waals surface area contributed by atoms with E-state index in [1.807, 2.05) is 0 Å². The molecule has 1 saturated heterocycles. The van der Waals surface area contributed by atoms with Crippen LogP contribution in [-0.4, -0.2) is 48.6 Å². The number of nitrogens with zero attached hydrogens (tertiary/aromatic N) is 2. The largest absolute Gasteiger partial charge is 0.396 e. The van der Waals surface area contributed by atoms with Gasteiger partial charge in [-0.3, -0.25) is 4.79 Å². The van der Waals surface area contributed by atoms with Gasteiger partial charge in [-0.1, -0.05) is 0 Å². The molecular weight excluding hydrogens is 258 g/mol. The lowest BCUT2D eigenvalue weighted by Gasteiger charge is -2.38. The first-order chi connectivity index (χ1) is 8.32. The number of aryl methyl sites for hydroxylation is 1. The summed E-state index contributed by atoms with van der Waals surface area (Å²) in [5.74, 6) is -0.135. The summed E-state index contributed by atoms with van der Waals surface area (Å²) in [6.45, 7) is 1.04. The molecule has 0 radical (unpaired) electrons. The van der Waals surface area contributed by atoms with Gasteiger partial charge in [0, 0.05) is 38.9 Å². The van der Waals surface area contributed by atoms with E-state index in [1.165, 1.54) is 16.8 Å². The van der Waals surface area contributed by atoms with Gasteiger partial charge in [0.15, 0.2) is 0 Å². The van der Waals surface area contributed by atoms with Gasteiger partial charge in [-0.25, -0.2) is 13.6 Å². The van der Waals surface area contributed by atoms with Gasteiger partial charge in [-0.15, -0.1) is 0 Å². The molecule has 1 aliphatic rings. The van der Waals surface area contributed by atoms with E-state index in [-0.39, 0.29) is 29.0 Å². The molecule has 3 N–H and O–H groups in total. The minimum absolute atomic E-state index is 0.0549. The van der Waals surface area contributed by atoms with Crippen LogP contribution >= 0.6 is 0 Å². The molecule has 0 atom stereocenters. The van der Waals surface area contributed by atoms with Crippen LogP contribution < -0.4 is 5.14 Å². The number of nitrogens with two attached hydrogens (primary N) is 1. The summed E-state index contributed by atoms with van der Waals surface area (Å²) in [5.41, 5.74) is 0.274. The van der Waals surface area contributed by atoms with Crippen LogP contribution in [0, 0.1) is 5.92 Å². The van der Waals surface area contributed by atoms with Crippen molar-refractivity contribution in [3.8, 4) is 0 Å². The molecule has 7 nitrogen and oxygen atoms in total. The maximum Gasteiger partial charge on any atom is 0.270 e. The highest BCUT2D eigenvalue weighted by Gasteiger charge is 2.32. The molecule has 0 aliphatic carbocycles. The van der Waals surface area contributed by atoms with Crippen LogP contribution in [0.2, 0.25) is 0 Å². The van der Waals surface area contributed by atoms with Gasteiger partial charge in [0.25, 0.3) is 5.91 Å². The zero-order valence-corrected chi connectivity index (χ0v) is 10.7. The Bertz CT molecular complexity index is 572. The van der Waals surface area contributed by atoms with Crippen molar-refractivity contribution in [1.82, 2.24) is 9.47 Å². The number of carbonyl (C=O) groups is 1. The van der Waals surface area contributed by atoms with Crippen molar-refractivity contribution in [3.05, 3.63) is 18.0 Å². The summed E-state index contributed by atoms with van der Waals surface area (Å²) in [5, 5.41) is 13.9. The predicted molar refractivity (Wildman–Crippen MR) is 63.3 cm³/mol. The molecule has 1 aliphatic heterocycles. The van der Waals surface area contributed by atoms with E-state index in [4.69, 9.17) is 10.2 Å². The van der Waals surface area contributed by atoms with Gasteiger partial charge in [0.2, 0.25) is 10.0 Å². The van der Waals surface area contributed by atoms with Crippen LogP contribution in [0.1, 0.15) is 10.5 Å². The van der Waals surface area contributed by atoms with E-state index in [9.17, 15) is 13.2 Å². The topological polar surface area (TPSA) is 106 Å². The highest BCUT2D eigenvalue weighted by atomic mass is 32.2. The van der Waals surface area contributed by atoms with Crippen molar-refractivity contribution in [2.45, 2.75) is 4.90 Å². The molecule has 2 heterocycles. The molecule has 0 aromatic carbocycles. The average Bonchev–Trinajstić information content (AvgIpc) is 2.58. The first-order valence-electron chi connectivity index (χ1n) is 5.42. The Balaban J connectivity index is 2.20. The molecule has 100 valence electrons. The predicted octanol–water partition coefficient (Wildman–Crippen LogP) is -1.26. The highest BCUT2D eigenvalue weighted by molar-refractivity contribution is 7.89. The number of hydrogen-bond donors (Lipinski definition) is 2. The van der Waals surface area contributed by atoms with Crippen molar-refractivity contribution in [2.24, 2.45) is 18.1 Å². The quantitative estimate of drug-likeness (QED) is 0.716. The van der Waals surface area contributed by atoms with E-state index in [0.717, 1.165) is 0 Å². The number of sulfonamides is 1. The third-order valence-corrected chi connectivity index (χ3v) is 3.91. The number of aliphatic hydroxyl groups is 1. The van der Waals surface area contributed by atoms with Gasteiger partial charge < -0.3 is 14.6 Å². The van der Waals surface area contributed by atoms with Crippen molar-refractivity contribution < 1.29 is 18.3 Å². The smallest absolute Gasteiger partial charge is 0.270 e. The van der Waals surface area contributed by atoms with Crippen molar-refractivity contribution in [2.75, 3.05) is 19.7 Å². The molecule has 1 fully saturated rings. The Morgan fingerprint density at radius 3 is 2.61 bits per heavy atom. The summed E-state index contributed by atoms with van der Waals surface area (Å²) >= 11 is 0. The fourth-order valence-corrected chi connectivity index (χ4v) is 2.50. The summed E-state index contributed by atoms with van der Waals surface area (Å²) in [6, 6.07) is 1.27.